The van der Waals surface area contributed by atoms with E-state index in [1.54, 1.807) is 11.8 Å². The van der Waals surface area contributed by atoms with Crippen molar-refractivity contribution < 1.29 is 14.3 Å². The third-order valence-corrected chi connectivity index (χ3v) is 4.28. The quantitative estimate of drug-likeness (QED) is 0.565. The van der Waals surface area contributed by atoms with Gasteiger partial charge in [-0.25, -0.2) is 4.98 Å². The van der Waals surface area contributed by atoms with E-state index in [0.29, 0.717) is 11.7 Å². The molecule has 0 saturated carbocycles. The molecule has 1 amide bonds. The highest BCUT2D eigenvalue weighted by molar-refractivity contribution is 7.14. The number of ether oxygens (including phenoxy) is 1. The van der Waals surface area contributed by atoms with Crippen LogP contribution >= 0.6 is 11.3 Å². The van der Waals surface area contributed by atoms with Crippen LogP contribution in [0, 0.1) is 6.92 Å². The normalized spacial score (nSPS) is 10.5. The molecule has 5 nitrogen and oxygen atoms in total. The molecule has 6 heteroatoms. The topological polar surface area (TPSA) is 59.5 Å². The van der Waals surface area contributed by atoms with Crippen molar-refractivity contribution in [3.63, 3.8) is 0 Å². The monoisotopic (exact) mass is 346 g/mol. The molecule has 1 aromatic heterocycles. The lowest BCUT2D eigenvalue weighted by Gasteiger charge is -2.18. The predicted octanol–water partition coefficient (Wildman–Crippen LogP) is 3.81. The van der Waals surface area contributed by atoms with Gasteiger partial charge >= 0.3 is 5.97 Å². The Balaban J connectivity index is 2.17. The molecule has 24 heavy (non-hydrogen) atoms. The highest BCUT2D eigenvalue weighted by Crippen LogP contribution is 2.28. The molecule has 0 aliphatic rings. The van der Waals surface area contributed by atoms with Gasteiger partial charge in [-0.2, -0.15) is 0 Å². The fourth-order valence-corrected chi connectivity index (χ4v) is 3.10. The molecule has 1 aromatic carbocycles. The Kier molecular flexibility index (Phi) is 6.49. The Hall–Kier alpha value is -2.21. The summed E-state index contributed by atoms with van der Waals surface area (Å²) in [5, 5.41) is 2.54. The van der Waals surface area contributed by atoms with Crippen molar-refractivity contribution in [3.8, 4) is 11.3 Å². The molecule has 0 radical (unpaired) electrons. The molecular formula is C18H22N2O3S. The fourth-order valence-electron chi connectivity index (χ4n) is 2.23. The van der Waals surface area contributed by atoms with Gasteiger partial charge in [0.05, 0.1) is 12.3 Å². The molecule has 0 aliphatic heterocycles. The molecule has 0 aliphatic carbocycles. The molecule has 2 rings (SSSR count). The Labute approximate surface area is 146 Å². The van der Waals surface area contributed by atoms with Gasteiger partial charge in [0.2, 0.25) is 5.91 Å². The van der Waals surface area contributed by atoms with Crippen LogP contribution in [0.3, 0.4) is 0 Å². The summed E-state index contributed by atoms with van der Waals surface area (Å²) >= 11 is 1.41. The first-order valence-corrected chi connectivity index (χ1v) is 8.91. The van der Waals surface area contributed by atoms with E-state index in [9.17, 15) is 9.59 Å². The average molecular weight is 346 g/mol. The van der Waals surface area contributed by atoms with Crippen LogP contribution in [0.15, 0.2) is 29.6 Å². The Bertz CT molecular complexity index is 695. The molecule has 0 spiro atoms. The van der Waals surface area contributed by atoms with Gasteiger partial charge in [-0.15, -0.1) is 11.3 Å². The number of amides is 1. The maximum absolute atomic E-state index is 12.4. The number of anilines is 1. The summed E-state index contributed by atoms with van der Waals surface area (Å²) < 4.78 is 4.86. The zero-order chi connectivity index (χ0) is 17.5. The predicted molar refractivity (Wildman–Crippen MR) is 96.2 cm³/mol. The number of carbonyl (C=O) groups excluding carboxylic acids is 2. The first-order valence-electron chi connectivity index (χ1n) is 8.03. The summed E-state index contributed by atoms with van der Waals surface area (Å²) in [6.45, 7) is 6.54. The maximum atomic E-state index is 12.4. The molecule has 0 fully saturated rings. The van der Waals surface area contributed by atoms with Gasteiger partial charge in [0.15, 0.2) is 5.13 Å². The molecular weight excluding hydrogens is 324 g/mol. The first-order chi connectivity index (χ1) is 11.5. The molecule has 1 heterocycles. The lowest BCUT2D eigenvalue weighted by Crippen LogP contribution is -2.33. The van der Waals surface area contributed by atoms with E-state index in [-0.39, 0.29) is 18.9 Å². The summed E-state index contributed by atoms with van der Waals surface area (Å²) in [4.78, 5) is 30.1. The van der Waals surface area contributed by atoms with Gasteiger partial charge in [0.25, 0.3) is 0 Å². The molecule has 0 N–H and O–H groups in total. The number of nitrogens with zero attached hydrogens (tertiary/aromatic N) is 2. The van der Waals surface area contributed by atoms with Gasteiger partial charge in [0.1, 0.15) is 6.42 Å². The SMILES string of the molecule is CCCN(C(=O)CC(=O)OCC)c1nc(-c2ccc(C)cc2)cs1. The highest BCUT2D eigenvalue weighted by Gasteiger charge is 2.21. The average Bonchev–Trinajstić information content (AvgIpc) is 3.02. The number of benzene rings is 1. The molecule has 0 unspecified atom stereocenters. The van der Waals surface area contributed by atoms with E-state index in [2.05, 4.69) is 4.98 Å². The third-order valence-electron chi connectivity index (χ3n) is 3.42. The molecule has 0 saturated heterocycles. The Morgan fingerprint density at radius 3 is 2.54 bits per heavy atom. The summed E-state index contributed by atoms with van der Waals surface area (Å²) in [6.07, 6.45) is 0.529. The number of carbonyl (C=O) groups is 2. The highest BCUT2D eigenvalue weighted by atomic mass is 32.1. The summed E-state index contributed by atoms with van der Waals surface area (Å²) in [6, 6.07) is 8.09. The smallest absolute Gasteiger partial charge is 0.315 e. The summed E-state index contributed by atoms with van der Waals surface area (Å²) in [5.74, 6) is -0.779. The second-order valence-electron chi connectivity index (χ2n) is 5.41. The lowest BCUT2D eigenvalue weighted by atomic mass is 10.1. The van der Waals surface area contributed by atoms with E-state index < -0.39 is 5.97 Å². The second kappa shape index (κ2) is 8.59. The van der Waals surface area contributed by atoms with Crippen molar-refractivity contribution in [3.05, 3.63) is 35.2 Å². The fraction of sp³-hybridized carbons (Fsp3) is 0.389. The van der Waals surface area contributed by atoms with Crippen LogP contribution in [-0.4, -0.2) is 30.0 Å². The van der Waals surface area contributed by atoms with Crippen molar-refractivity contribution >= 4 is 28.3 Å². The summed E-state index contributed by atoms with van der Waals surface area (Å²) in [5.41, 5.74) is 3.03. The van der Waals surface area contributed by atoms with Crippen LogP contribution in [0.4, 0.5) is 5.13 Å². The zero-order valence-corrected chi connectivity index (χ0v) is 15.1. The number of aromatic nitrogens is 1. The minimum Gasteiger partial charge on any atom is -0.466 e. The first kappa shape index (κ1) is 18.1. The second-order valence-corrected chi connectivity index (χ2v) is 6.25. The third kappa shape index (κ3) is 4.64. The van der Waals surface area contributed by atoms with Crippen LogP contribution in [0.5, 0.6) is 0 Å². The van der Waals surface area contributed by atoms with E-state index in [0.717, 1.165) is 17.7 Å². The van der Waals surface area contributed by atoms with E-state index >= 15 is 0 Å². The van der Waals surface area contributed by atoms with Crippen molar-refractivity contribution in [2.24, 2.45) is 0 Å². The van der Waals surface area contributed by atoms with E-state index in [1.165, 1.54) is 16.9 Å². The molecule has 128 valence electrons. The van der Waals surface area contributed by atoms with Crippen LogP contribution in [0.2, 0.25) is 0 Å². The van der Waals surface area contributed by atoms with Gasteiger partial charge in [-0.1, -0.05) is 36.8 Å². The minimum atomic E-state index is -0.501. The van der Waals surface area contributed by atoms with Gasteiger partial charge in [-0.05, 0) is 20.3 Å². The standard InChI is InChI=1S/C18H22N2O3S/c1-4-10-20(16(21)11-17(22)23-5-2)18-19-15(12-24-18)14-8-6-13(3)7-9-14/h6-9,12H,4-5,10-11H2,1-3H3. The number of rotatable bonds is 7. The number of hydrogen-bond acceptors (Lipinski definition) is 5. The van der Waals surface area contributed by atoms with Crippen LogP contribution in [0.25, 0.3) is 11.3 Å². The molecule has 0 bridgehead atoms. The summed E-state index contributed by atoms with van der Waals surface area (Å²) in [7, 11) is 0. The van der Waals surface area contributed by atoms with Crippen LogP contribution in [-0.2, 0) is 14.3 Å². The van der Waals surface area contributed by atoms with Gasteiger partial charge in [-0.3, -0.25) is 14.5 Å². The van der Waals surface area contributed by atoms with Crippen molar-refractivity contribution in [1.82, 2.24) is 4.98 Å². The van der Waals surface area contributed by atoms with Crippen molar-refractivity contribution in [2.75, 3.05) is 18.1 Å². The molecule has 0 atom stereocenters. The van der Waals surface area contributed by atoms with E-state index in [1.807, 2.05) is 43.5 Å². The number of hydrogen-bond donors (Lipinski definition) is 0. The van der Waals surface area contributed by atoms with Gasteiger partial charge < -0.3 is 4.74 Å². The van der Waals surface area contributed by atoms with Crippen LogP contribution < -0.4 is 4.90 Å². The number of esters is 1. The zero-order valence-electron chi connectivity index (χ0n) is 14.2. The lowest BCUT2D eigenvalue weighted by molar-refractivity contribution is -0.145. The van der Waals surface area contributed by atoms with Crippen LogP contribution in [0.1, 0.15) is 32.3 Å². The maximum Gasteiger partial charge on any atom is 0.315 e. The Morgan fingerprint density at radius 1 is 1.21 bits per heavy atom. The van der Waals surface area contributed by atoms with Gasteiger partial charge in [0, 0.05) is 17.5 Å². The van der Waals surface area contributed by atoms with E-state index in [4.69, 9.17) is 4.74 Å². The largest absolute Gasteiger partial charge is 0.466 e. The number of aryl methyl sites for hydroxylation is 1. The van der Waals surface area contributed by atoms with Crippen molar-refractivity contribution in [2.45, 2.75) is 33.6 Å². The Morgan fingerprint density at radius 2 is 1.92 bits per heavy atom. The van der Waals surface area contributed by atoms with Crippen molar-refractivity contribution in [1.29, 1.82) is 0 Å². The minimum absolute atomic E-state index is 0.257. The number of thiazole rings is 1. The molecule has 2 aromatic rings.